The van der Waals surface area contributed by atoms with Gasteiger partial charge in [-0.1, -0.05) is 50.1 Å². The Labute approximate surface area is 183 Å². The zero-order valence-corrected chi connectivity index (χ0v) is 19.1. The molecule has 0 radical (unpaired) electrons. The summed E-state index contributed by atoms with van der Waals surface area (Å²) in [4.78, 5) is 0. The van der Waals surface area contributed by atoms with Crippen molar-refractivity contribution in [1.82, 2.24) is 0 Å². The molecule has 1 aliphatic carbocycles. The van der Waals surface area contributed by atoms with Gasteiger partial charge in [0.05, 0.1) is 0 Å². The van der Waals surface area contributed by atoms with E-state index in [4.69, 9.17) is 0 Å². The standard InChI is InChI=1S/C15H13.C7H9.2ClH.Zr/c1-10-3-5-14-12(7-10)9-13-8-11(2)4-6-15(13)14;1-6-3-4-7(2)5-6;;;/h3-7H,9H2,1-2H3;3-5H,1-2H3;2*1H;/q2*-1;;;+4/p-2. The molecule has 3 heteroatoms. The molecule has 0 heterocycles. The van der Waals surface area contributed by atoms with Crippen LogP contribution in [0.3, 0.4) is 0 Å². The first-order chi connectivity index (χ1) is 10.5. The Morgan fingerprint density at radius 2 is 1.56 bits per heavy atom. The summed E-state index contributed by atoms with van der Waals surface area (Å²) in [5, 5.41) is 0. The van der Waals surface area contributed by atoms with Crippen LogP contribution in [0.2, 0.25) is 0 Å². The summed E-state index contributed by atoms with van der Waals surface area (Å²) in [6, 6.07) is 20.9. The van der Waals surface area contributed by atoms with E-state index in [-0.39, 0.29) is 51.0 Å². The van der Waals surface area contributed by atoms with Crippen molar-refractivity contribution in [2.75, 3.05) is 0 Å². The molecule has 128 valence electrons. The minimum absolute atomic E-state index is 0. The third-order valence-electron chi connectivity index (χ3n) is 4.16. The molecule has 0 aromatic heterocycles. The van der Waals surface area contributed by atoms with E-state index >= 15 is 0 Å². The van der Waals surface area contributed by atoms with Crippen molar-refractivity contribution in [3.05, 3.63) is 88.0 Å². The molecule has 4 rings (SSSR count). The van der Waals surface area contributed by atoms with Crippen molar-refractivity contribution < 1.29 is 51.0 Å². The molecule has 0 unspecified atom stereocenters. The smallest absolute Gasteiger partial charge is 1.00 e. The quantitative estimate of drug-likeness (QED) is 0.324. The van der Waals surface area contributed by atoms with E-state index in [1.54, 1.807) is 0 Å². The maximum atomic E-state index is 3.45. The first-order valence-corrected chi connectivity index (χ1v) is 7.84. The number of rotatable bonds is 0. The van der Waals surface area contributed by atoms with Crippen LogP contribution in [0.5, 0.6) is 0 Å². The van der Waals surface area contributed by atoms with Crippen molar-refractivity contribution in [2.45, 2.75) is 34.1 Å². The molecule has 0 amide bonds. The summed E-state index contributed by atoms with van der Waals surface area (Å²) < 4.78 is 0. The number of halogens is 2. The van der Waals surface area contributed by atoms with Gasteiger partial charge >= 0.3 is 26.2 Å². The minimum atomic E-state index is 0. The molecule has 3 aromatic rings. The fourth-order valence-electron chi connectivity index (χ4n) is 3.09. The van der Waals surface area contributed by atoms with Gasteiger partial charge in [0, 0.05) is 0 Å². The van der Waals surface area contributed by atoms with Crippen molar-refractivity contribution in [1.29, 1.82) is 0 Å². The zero-order chi connectivity index (χ0) is 15.7. The number of hydrogen-bond acceptors (Lipinski definition) is 0. The monoisotopic (exact) mass is 446 g/mol. The molecule has 0 fully saturated rings. The van der Waals surface area contributed by atoms with Gasteiger partial charge in [0.25, 0.3) is 0 Å². The average molecular weight is 449 g/mol. The molecule has 0 nitrogen and oxygen atoms in total. The van der Waals surface area contributed by atoms with E-state index in [0.717, 1.165) is 6.42 Å². The van der Waals surface area contributed by atoms with Crippen LogP contribution in [0.25, 0.3) is 11.1 Å². The zero-order valence-electron chi connectivity index (χ0n) is 15.1. The van der Waals surface area contributed by atoms with Crippen LogP contribution in [0.4, 0.5) is 0 Å². The van der Waals surface area contributed by atoms with Crippen LogP contribution in [-0.2, 0) is 32.6 Å². The van der Waals surface area contributed by atoms with Gasteiger partial charge in [-0.25, -0.2) is 11.6 Å². The number of benzene rings is 2. The first kappa shape index (κ1) is 24.3. The van der Waals surface area contributed by atoms with Crippen LogP contribution in [0.1, 0.15) is 33.4 Å². The molecule has 0 aliphatic heterocycles. The van der Waals surface area contributed by atoms with Gasteiger partial charge < -0.3 is 24.8 Å². The second-order valence-electron chi connectivity index (χ2n) is 6.34. The fourth-order valence-corrected chi connectivity index (χ4v) is 3.09. The van der Waals surface area contributed by atoms with Gasteiger partial charge in [0.1, 0.15) is 0 Å². The van der Waals surface area contributed by atoms with Gasteiger partial charge in [-0.3, -0.25) is 0 Å². The predicted octanol–water partition coefficient (Wildman–Crippen LogP) is -0.297. The average Bonchev–Trinajstić information content (AvgIpc) is 3.00. The third kappa shape index (κ3) is 5.88. The molecule has 25 heavy (non-hydrogen) atoms. The Morgan fingerprint density at radius 3 is 2.12 bits per heavy atom. The summed E-state index contributed by atoms with van der Waals surface area (Å²) in [5.41, 5.74) is 10.9. The molecule has 0 saturated carbocycles. The number of hydrogen-bond donors (Lipinski definition) is 0. The summed E-state index contributed by atoms with van der Waals surface area (Å²) in [6.45, 7) is 8.47. The second kappa shape index (κ2) is 10.4. The fraction of sp³-hybridized carbons (Fsp3) is 0.227. The SMILES string of the molecule is Cc1[c-]c2c(cc1)-c1ccc(C)cc1C2.Cc1cc[c-](C)c1.[Cl-].[Cl-].[Zr+4]. The maximum Gasteiger partial charge on any atom is 4.00 e. The van der Waals surface area contributed by atoms with Gasteiger partial charge in [-0.05, 0) is 18.9 Å². The normalized spacial score (nSPS) is 10.1. The van der Waals surface area contributed by atoms with E-state index in [0.29, 0.717) is 0 Å². The molecular weight excluding hydrogens is 426 g/mol. The number of aryl methyl sites for hydroxylation is 4. The Morgan fingerprint density at radius 1 is 0.880 bits per heavy atom. The topological polar surface area (TPSA) is 0 Å². The minimum Gasteiger partial charge on any atom is -1.00 e. The molecule has 0 N–H and O–H groups in total. The largest absolute Gasteiger partial charge is 4.00 e. The van der Waals surface area contributed by atoms with Crippen molar-refractivity contribution >= 4 is 0 Å². The second-order valence-corrected chi connectivity index (χ2v) is 6.34. The Hall–Kier alpha value is -0.747. The van der Waals surface area contributed by atoms with E-state index in [9.17, 15) is 0 Å². The predicted molar refractivity (Wildman–Crippen MR) is 94.5 cm³/mol. The summed E-state index contributed by atoms with van der Waals surface area (Å²) >= 11 is 0. The molecule has 3 aromatic carbocycles. The van der Waals surface area contributed by atoms with E-state index < -0.39 is 0 Å². The van der Waals surface area contributed by atoms with Gasteiger partial charge in [-0.15, -0.1) is 11.1 Å². The summed E-state index contributed by atoms with van der Waals surface area (Å²) in [7, 11) is 0. The third-order valence-corrected chi connectivity index (χ3v) is 4.16. The number of fused-ring (bicyclic) bond motifs is 3. The van der Waals surface area contributed by atoms with Crippen LogP contribution in [0, 0.1) is 33.8 Å². The summed E-state index contributed by atoms with van der Waals surface area (Å²) in [6.07, 6.45) is 1.05. The summed E-state index contributed by atoms with van der Waals surface area (Å²) in [5.74, 6) is 0. The van der Waals surface area contributed by atoms with Gasteiger partial charge in [0.15, 0.2) is 0 Å². The van der Waals surface area contributed by atoms with E-state index in [2.05, 4.69) is 82.3 Å². The molecule has 0 bridgehead atoms. The van der Waals surface area contributed by atoms with Crippen LogP contribution in [-0.4, -0.2) is 0 Å². The van der Waals surface area contributed by atoms with Crippen molar-refractivity contribution in [2.24, 2.45) is 0 Å². The molecule has 1 aliphatic rings. The van der Waals surface area contributed by atoms with Gasteiger partial charge in [0.2, 0.25) is 0 Å². The van der Waals surface area contributed by atoms with Gasteiger partial charge in [-0.2, -0.15) is 41.5 Å². The van der Waals surface area contributed by atoms with Crippen LogP contribution < -0.4 is 24.8 Å². The maximum absolute atomic E-state index is 3.45. The Bertz CT molecular complexity index is 753. The first-order valence-electron chi connectivity index (χ1n) is 7.84. The molecular formula is C22H22Cl2Zr. The molecule has 0 atom stereocenters. The van der Waals surface area contributed by atoms with Crippen molar-refractivity contribution in [3.63, 3.8) is 0 Å². The Balaban J connectivity index is 0.000000501. The van der Waals surface area contributed by atoms with Crippen molar-refractivity contribution in [3.8, 4) is 11.1 Å². The van der Waals surface area contributed by atoms with Crippen LogP contribution >= 0.6 is 0 Å². The Kier molecular flexibility index (Phi) is 10.1. The van der Waals surface area contributed by atoms with Crippen LogP contribution in [0.15, 0.2) is 48.5 Å². The van der Waals surface area contributed by atoms with E-state index in [1.807, 2.05) is 0 Å². The molecule has 0 spiro atoms. The molecule has 0 saturated heterocycles. The van der Waals surface area contributed by atoms with E-state index in [1.165, 1.54) is 44.5 Å².